The van der Waals surface area contributed by atoms with Crippen LogP contribution in [0.5, 0.6) is 0 Å². The van der Waals surface area contributed by atoms with Crippen molar-refractivity contribution in [3.63, 3.8) is 0 Å². The standard InChI is InChI=1S/C8H8F2.C8H16.C3H8/c1-6-7(9)4-2-3-5-8(6)10;1-8-6-4-2-3-5-7-8;1-3-2/h2-4H,5H2,1H3;8H,2-7H2,1H3;3H2,1-2H3. The van der Waals surface area contributed by atoms with Crippen molar-refractivity contribution in [2.45, 2.75) is 79.1 Å². The smallest absolute Gasteiger partial charge is 0.128 e. The zero-order valence-corrected chi connectivity index (χ0v) is 14.2. The van der Waals surface area contributed by atoms with Crippen LogP contribution in [-0.2, 0) is 0 Å². The topological polar surface area (TPSA) is 0 Å². The van der Waals surface area contributed by atoms with Gasteiger partial charge in [-0.05, 0) is 18.9 Å². The van der Waals surface area contributed by atoms with Gasteiger partial charge in [0.1, 0.15) is 11.7 Å². The highest BCUT2D eigenvalue weighted by Gasteiger charge is 2.06. The average molecular weight is 298 g/mol. The summed E-state index contributed by atoms with van der Waals surface area (Å²) in [6, 6.07) is 0. The Bertz CT molecular complexity index is 337. The van der Waals surface area contributed by atoms with E-state index in [1.165, 1.54) is 64.0 Å². The number of allylic oxidation sites excluding steroid dienone is 6. The summed E-state index contributed by atoms with van der Waals surface area (Å²) in [6.07, 6.45) is 14.8. The van der Waals surface area contributed by atoms with Crippen LogP contribution in [-0.4, -0.2) is 0 Å². The molecule has 1 saturated carbocycles. The van der Waals surface area contributed by atoms with Gasteiger partial charge >= 0.3 is 0 Å². The molecule has 0 saturated heterocycles. The maximum atomic E-state index is 12.6. The van der Waals surface area contributed by atoms with Gasteiger partial charge in [-0.15, -0.1) is 0 Å². The van der Waals surface area contributed by atoms with Gasteiger partial charge in [-0.1, -0.05) is 77.9 Å². The van der Waals surface area contributed by atoms with Gasteiger partial charge in [0, 0.05) is 12.0 Å². The second kappa shape index (κ2) is 12.8. The summed E-state index contributed by atoms with van der Waals surface area (Å²) in [7, 11) is 0. The van der Waals surface area contributed by atoms with Crippen LogP contribution in [0.15, 0.2) is 35.5 Å². The van der Waals surface area contributed by atoms with Crippen LogP contribution in [0, 0.1) is 5.92 Å². The van der Waals surface area contributed by atoms with Gasteiger partial charge in [0.15, 0.2) is 0 Å². The highest BCUT2D eigenvalue weighted by molar-refractivity contribution is 5.32. The summed E-state index contributed by atoms with van der Waals surface area (Å²) in [5.74, 6) is 0.159. The molecule has 0 aromatic carbocycles. The van der Waals surface area contributed by atoms with Crippen molar-refractivity contribution in [2.24, 2.45) is 5.92 Å². The highest BCUT2D eigenvalue weighted by atomic mass is 19.1. The molecule has 2 aliphatic carbocycles. The monoisotopic (exact) mass is 298 g/mol. The van der Waals surface area contributed by atoms with Gasteiger partial charge in [0.25, 0.3) is 0 Å². The minimum absolute atomic E-state index is 0.116. The molecule has 2 aliphatic rings. The van der Waals surface area contributed by atoms with E-state index in [1.807, 2.05) is 0 Å². The summed E-state index contributed by atoms with van der Waals surface area (Å²) < 4.78 is 25.2. The summed E-state index contributed by atoms with van der Waals surface area (Å²) >= 11 is 0. The van der Waals surface area contributed by atoms with Crippen LogP contribution in [0.25, 0.3) is 0 Å². The van der Waals surface area contributed by atoms with Gasteiger partial charge in [0.05, 0.1) is 0 Å². The van der Waals surface area contributed by atoms with Crippen molar-refractivity contribution < 1.29 is 8.78 Å². The predicted octanol–water partition coefficient (Wildman–Crippen LogP) is 7.44. The SMILES string of the molecule is CC1=C(F)CC=CC=C1F.CC1CCCCCC1.CCC. The second-order valence-corrected chi connectivity index (χ2v) is 5.98. The lowest BCUT2D eigenvalue weighted by Gasteiger charge is -2.02. The molecule has 0 spiro atoms. The summed E-state index contributed by atoms with van der Waals surface area (Å²) in [5.41, 5.74) is 0.116. The first-order valence-electron chi connectivity index (χ1n) is 8.40. The molecule has 2 rings (SSSR count). The van der Waals surface area contributed by atoms with Crippen molar-refractivity contribution in [1.82, 2.24) is 0 Å². The predicted molar refractivity (Wildman–Crippen MR) is 89.6 cm³/mol. The van der Waals surface area contributed by atoms with E-state index in [2.05, 4.69) is 20.8 Å². The van der Waals surface area contributed by atoms with Crippen LogP contribution in [0.2, 0.25) is 0 Å². The van der Waals surface area contributed by atoms with E-state index in [0.717, 1.165) is 5.92 Å². The molecule has 21 heavy (non-hydrogen) atoms. The van der Waals surface area contributed by atoms with Gasteiger partial charge in [-0.2, -0.15) is 0 Å². The lowest BCUT2D eigenvalue weighted by molar-refractivity contribution is 0.505. The molecule has 0 N–H and O–H groups in total. The molecule has 0 atom stereocenters. The zero-order chi connectivity index (χ0) is 16.1. The Kier molecular flexibility index (Phi) is 12.2. The number of hydrogen-bond donors (Lipinski definition) is 0. The van der Waals surface area contributed by atoms with E-state index in [-0.39, 0.29) is 17.8 Å². The first-order chi connectivity index (χ1) is 10.0. The lowest BCUT2D eigenvalue weighted by Crippen LogP contribution is -1.88. The van der Waals surface area contributed by atoms with Crippen LogP contribution in [0.4, 0.5) is 8.78 Å². The largest absolute Gasteiger partial charge is 0.211 e. The minimum atomic E-state index is -0.480. The first kappa shape index (κ1) is 20.1. The number of halogens is 2. The highest BCUT2D eigenvalue weighted by Crippen LogP contribution is 2.22. The molecule has 0 heterocycles. The van der Waals surface area contributed by atoms with Gasteiger partial charge in [-0.3, -0.25) is 0 Å². The van der Waals surface area contributed by atoms with Crippen molar-refractivity contribution in [3.8, 4) is 0 Å². The van der Waals surface area contributed by atoms with E-state index in [1.54, 1.807) is 6.08 Å². The molecule has 0 aliphatic heterocycles. The first-order valence-corrected chi connectivity index (χ1v) is 8.40. The van der Waals surface area contributed by atoms with Crippen molar-refractivity contribution in [1.29, 1.82) is 0 Å². The number of rotatable bonds is 0. The molecule has 0 nitrogen and oxygen atoms in total. The fourth-order valence-electron chi connectivity index (χ4n) is 2.22. The average Bonchev–Trinajstić information content (AvgIpc) is 2.77. The summed E-state index contributed by atoms with van der Waals surface area (Å²) in [4.78, 5) is 0. The van der Waals surface area contributed by atoms with Gasteiger partial charge < -0.3 is 0 Å². The zero-order valence-electron chi connectivity index (χ0n) is 14.2. The third-order valence-electron chi connectivity index (χ3n) is 3.58. The Morgan fingerprint density at radius 1 is 1.05 bits per heavy atom. The minimum Gasteiger partial charge on any atom is -0.211 e. The quantitative estimate of drug-likeness (QED) is 0.408. The molecular weight excluding hydrogens is 266 g/mol. The molecule has 0 aromatic rings. The van der Waals surface area contributed by atoms with E-state index in [0.29, 0.717) is 0 Å². The van der Waals surface area contributed by atoms with Crippen molar-refractivity contribution >= 4 is 0 Å². The third-order valence-corrected chi connectivity index (χ3v) is 3.58. The van der Waals surface area contributed by atoms with Crippen LogP contribution in [0.1, 0.15) is 79.1 Å². The normalized spacial score (nSPS) is 19.4. The molecule has 0 aromatic heterocycles. The fraction of sp³-hybridized carbons (Fsp3) is 0.684. The Balaban J connectivity index is 0.000000327. The van der Waals surface area contributed by atoms with E-state index < -0.39 is 5.83 Å². The summed E-state index contributed by atoms with van der Waals surface area (Å²) in [5, 5.41) is 0. The molecule has 0 bridgehead atoms. The molecule has 2 heteroatoms. The Morgan fingerprint density at radius 3 is 2.10 bits per heavy atom. The Labute approximate surface area is 130 Å². The molecule has 122 valence electrons. The Hall–Kier alpha value is -0.920. The van der Waals surface area contributed by atoms with Crippen molar-refractivity contribution in [2.75, 3.05) is 0 Å². The lowest BCUT2D eigenvalue weighted by atomic mass is 10.0. The molecule has 0 amide bonds. The van der Waals surface area contributed by atoms with Crippen molar-refractivity contribution in [3.05, 3.63) is 35.5 Å². The molecule has 0 radical (unpaired) electrons. The third kappa shape index (κ3) is 10.4. The second-order valence-electron chi connectivity index (χ2n) is 5.98. The Morgan fingerprint density at radius 2 is 1.57 bits per heavy atom. The maximum Gasteiger partial charge on any atom is 0.128 e. The van der Waals surface area contributed by atoms with Gasteiger partial charge in [-0.25, -0.2) is 8.78 Å². The summed E-state index contributed by atoms with van der Waals surface area (Å²) in [6.45, 7) is 8.07. The number of hydrogen-bond acceptors (Lipinski definition) is 0. The maximum absolute atomic E-state index is 12.6. The van der Waals surface area contributed by atoms with Crippen LogP contribution >= 0.6 is 0 Å². The van der Waals surface area contributed by atoms with Crippen LogP contribution < -0.4 is 0 Å². The van der Waals surface area contributed by atoms with E-state index in [9.17, 15) is 8.78 Å². The molecule has 1 fully saturated rings. The fourth-order valence-corrected chi connectivity index (χ4v) is 2.22. The van der Waals surface area contributed by atoms with E-state index >= 15 is 0 Å². The molecular formula is C19H32F2. The van der Waals surface area contributed by atoms with Gasteiger partial charge in [0.2, 0.25) is 0 Å². The van der Waals surface area contributed by atoms with Crippen LogP contribution in [0.3, 0.4) is 0 Å². The molecule has 0 unspecified atom stereocenters. The van der Waals surface area contributed by atoms with E-state index in [4.69, 9.17) is 0 Å².